The van der Waals surface area contributed by atoms with E-state index in [9.17, 15) is 14.7 Å². The first-order valence-electron chi connectivity index (χ1n) is 7.98. The number of carbonyl (C=O) groups excluding carboxylic acids is 1. The summed E-state index contributed by atoms with van der Waals surface area (Å²) in [5.41, 5.74) is 1.99. The van der Waals surface area contributed by atoms with E-state index in [1.54, 1.807) is 6.08 Å². The summed E-state index contributed by atoms with van der Waals surface area (Å²) in [6.45, 7) is 1.89. The number of carboxylic acids is 1. The third-order valence-corrected chi connectivity index (χ3v) is 5.53. The van der Waals surface area contributed by atoms with Gasteiger partial charge in [0.05, 0.1) is 4.91 Å². The van der Waals surface area contributed by atoms with Crippen molar-refractivity contribution >= 4 is 57.2 Å². The molecule has 0 saturated carbocycles. The van der Waals surface area contributed by atoms with Gasteiger partial charge in [-0.3, -0.25) is 9.69 Å². The van der Waals surface area contributed by atoms with E-state index in [4.69, 9.17) is 12.2 Å². The maximum atomic E-state index is 12.8. The summed E-state index contributed by atoms with van der Waals surface area (Å²) < 4.78 is 2.30. The van der Waals surface area contributed by atoms with Crippen LogP contribution in [0.3, 0.4) is 0 Å². The summed E-state index contributed by atoms with van der Waals surface area (Å²) in [6, 6.07) is 7.02. The third-order valence-electron chi connectivity index (χ3n) is 4.20. The molecule has 5 nitrogen and oxygen atoms in total. The Morgan fingerprint density at radius 3 is 2.80 bits per heavy atom. The molecule has 1 aromatic carbocycles. The van der Waals surface area contributed by atoms with Gasteiger partial charge >= 0.3 is 5.97 Å². The van der Waals surface area contributed by atoms with E-state index in [-0.39, 0.29) is 5.91 Å². The van der Waals surface area contributed by atoms with E-state index in [0.29, 0.717) is 22.1 Å². The number of hydrogen-bond donors (Lipinski definition) is 1. The van der Waals surface area contributed by atoms with Crippen molar-refractivity contribution in [2.24, 2.45) is 7.05 Å². The zero-order valence-electron chi connectivity index (χ0n) is 13.9. The zero-order chi connectivity index (χ0) is 18.1. The lowest BCUT2D eigenvalue weighted by molar-refractivity contribution is -0.145. The highest BCUT2D eigenvalue weighted by atomic mass is 32.2. The van der Waals surface area contributed by atoms with E-state index in [1.165, 1.54) is 4.90 Å². The van der Waals surface area contributed by atoms with Gasteiger partial charge in [0, 0.05) is 29.7 Å². The monoisotopic (exact) mass is 374 g/mol. The van der Waals surface area contributed by atoms with E-state index in [0.717, 1.165) is 28.2 Å². The number of carboxylic acid groups (broad SMARTS) is 1. The number of para-hydroxylation sites is 1. The van der Waals surface area contributed by atoms with Crippen molar-refractivity contribution in [2.75, 3.05) is 0 Å². The number of amides is 1. The molecule has 0 radical (unpaired) electrons. The van der Waals surface area contributed by atoms with Crippen molar-refractivity contribution in [1.82, 2.24) is 9.47 Å². The van der Waals surface area contributed by atoms with Gasteiger partial charge in [-0.25, -0.2) is 4.79 Å². The summed E-state index contributed by atoms with van der Waals surface area (Å²) in [5, 5.41) is 10.5. The molecule has 130 valence electrons. The molecular formula is C18H18N2O3S2. The molecule has 1 aromatic heterocycles. The van der Waals surface area contributed by atoms with Crippen LogP contribution < -0.4 is 0 Å². The Hall–Kier alpha value is -2.12. The van der Waals surface area contributed by atoms with Gasteiger partial charge in [-0.2, -0.15) is 0 Å². The molecule has 2 aromatic rings. The van der Waals surface area contributed by atoms with Crippen LogP contribution in [0.4, 0.5) is 0 Å². The molecular weight excluding hydrogens is 356 g/mol. The summed E-state index contributed by atoms with van der Waals surface area (Å²) in [6.07, 6.45) is 4.80. The fourth-order valence-corrected chi connectivity index (χ4v) is 4.36. The Kier molecular flexibility index (Phi) is 4.96. The van der Waals surface area contributed by atoms with Gasteiger partial charge in [-0.15, -0.1) is 0 Å². The Balaban J connectivity index is 1.98. The fraction of sp³-hybridized carbons (Fsp3) is 0.278. The van der Waals surface area contributed by atoms with Crippen LogP contribution in [0.5, 0.6) is 0 Å². The lowest BCUT2D eigenvalue weighted by Crippen LogP contribution is -2.43. The Bertz CT molecular complexity index is 901. The predicted octanol–water partition coefficient (Wildman–Crippen LogP) is 3.63. The molecule has 1 atom stereocenters. The highest BCUT2D eigenvalue weighted by Gasteiger charge is 2.40. The maximum Gasteiger partial charge on any atom is 0.326 e. The molecule has 0 bridgehead atoms. The number of aromatic nitrogens is 1. The third kappa shape index (κ3) is 3.21. The molecule has 1 aliphatic rings. The number of aliphatic carboxylic acids is 1. The SMILES string of the molecule is CCCC(C(=O)O)N1C(=O)/C(=C\c2cn(C)c3ccccc23)SC1=S. The number of thioether (sulfide) groups is 1. The molecule has 2 heterocycles. The van der Waals surface area contributed by atoms with E-state index in [2.05, 4.69) is 0 Å². The van der Waals surface area contributed by atoms with Gasteiger partial charge in [0.25, 0.3) is 5.91 Å². The smallest absolute Gasteiger partial charge is 0.326 e. The molecule has 7 heteroatoms. The molecule has 1 saturated heterocycles. The van der Waals surface area contributed by atoms with Crippen molar-refractivity contribution in [3.05, 3.63) is 40.9 Å². The fourth-order valence-electron chi connectivity index (χ4n) is 3.01. The molecule has 1 N–H and O–H groups in total. The van der Waals surface area contributed by atoms with Gasteiger partial charge in [0.1, 0.15) is 10.4 Å². The van der Waals surface area contributed by atoms with Crippen LogP contribution in [0.15, 0.2) is 35.4 Å². The minimum atomic E-state index is -1.02. The normalized spacial score (nSPS) is 17.7. The number of fused-ring (bicyclic) bond motifs is 1. The van der Waals surface area contributed by atoms with Crippen LogP contribution in [-0.2, 0) is 16.6 Å². The largest absolute Gasteiger partial charge is 0.480 e. The second kappa shape index (κ2) is 7.01. The lowest BCUT2D eigenvalue weighted by atomic mass is 10.1. The number of carbonyl (C=O) groups is 2. The van der Waals surface area contributed by atoms with Crippen molar-refractivity contribution < 1.29 is 14.7 Å². The second-order valence-electron chi connectivity index (χ2n) is 5.91. The Labute approximate surface area is 155 Å². The summed E-state index contributed by atoms with van der Waals surface area (Å²) in [4.78, 5) is 26.0. The van der Waals surface area contributed by atoms with Crippen LogP contribution >= 0.6 is 24.0 Å². The standard InChI is InChI=1S/C18H18N2O3S2/c1-3-6-14(17(22)23)20-16(21)15(25-18(20)24)9-11-10-19(2)13-8-5-4-7-12(11)13/h4-5,7-10,14H,3,6H2,1-2H3,(H,22,23)/b15-9+. The van der Waals surface area contributed by atoms with Crippen LogP contribution in [0.2, 0.25) is 0 Å². The van der Waals surface area contributed by atoms with E-state index < -0.39 is 12.0 Å². The first-order valence-corrected chi connectivity index (χ1v) is 9.20. The number of hydrogen-bond acceptors (Lipinski definition) is 4. The topological polar surface area (TPSA) is 62.5 Å². The molecule has 3 rings (SSSR count). The molecule has 1 unspecified atom stereocenters. The van der Waals surface area contributed by atoms with Crippen LogP contribution in [0.1, 0.15) is 25.3 Å². The molecule has 1 aliphatic heterocycles. The number of aryl methyl sites for hydroxylation is 1. The van der Waals surface area contributed by atoms with Crippen LogP contribution in [-0.4, -0.2) is 36.8 Å². The first-order chi connectivity index (χ1) is 11.9. The lowest BCUT2D eigenvalue weighted by Gasteiger charge is -2.22. The number of benzene rings is 1. The number of nitrogens with zero attached hydrogens (tertiary/aromatic N) is 2. The number of thiocarbonyl (C=S) groups is 1. The molecule has 0 spiro atoms. The average molecular weight is 374 g/mol. The van der Waals surface area contributed by atoms with Crippen molar-refractivity contribution in [2.45, 2.75) is 25.8 Å². The van der Waals surface area contributed by atoms with Gasteiger partial charge in [0.2, 0.25) is 0 Å². The molecule has 0 aliphatic carbocycles. The molecule has 1 fully saturated rings. The Morgan fingerprint density at radius 1 is 1.40 bits per heavy atom. The quantitative estimate of drug-likeness (QED) is 0.640. The maximum absolute atomic E-state index is 12.8. The summed E-state index contributed by atoms with van der Waals surface area (Å²) in [7, 11) is 1.95. The van der Waals surface area contributed by atoms with Crippen molar-refractivity contribution in [1.29, 1.82) is 0 Å². The Morgan fingerprint density at radius 2 is 2.12 bits per heavy atom. The minimum Gasteiger partial charge on any atom is -0.480 e. The van der Waals surface area contributed by atoms with Crippen molar-refractivity contribution in [3.63, 3.8) is 0 Å². The average Bonchev–Trinajstić information content (AvgIpc) is 3.03. The van der Waals surface area contributed by atoms with Crippen LogP contribution in [0, 0.1) is 0 Å². The van der Waals surface area contributed by atoms with E-state index in [1.807, 2.05) is 49.0 Å². The van der Waals surface area contributed by atoms with Gasteiger partial charge in [0.15, 0.2) is 0 Å². The zero-order valence-corrected chi connectivity index (χ0v) is 15.6. The highest BCUT2D eigenvalue weighted by Crippen LogP contribution is 2.36. The molecule has 1 amide bonds. The van der Waals surface area contributed by atoms with Gasteiger partial charge in [-0.05, 0) is 18.6 Å². The predicted molar refractivity (Wildman–Crippen MR) is 104 cm³/mol. The second-order valence-corrected chi connectivity index (χ2v) is 7.58. The van der Waals surface area contributed by atoms with Gasteiger partial charge < -0.3 is 9.67 Å². The van der Waals surface area contributed by atoms with E-state index >= 15 is 0 Å². The van der Waals surface area contributed by atoms with Gasteiger partial charge in [-0.1, -0.05) is 55.5 Å². The summed E-state index contributed by atoms with van der Waals surface area (Å²) in [5.74, 6) is -1.35. The van der Waals surface area contributed by atoms with Crippen molar-refractivity contribution in [3.8, 4) is 0 Å². The highest BCUT2D eigenvalue weighted by molar-refractivity contribution is 8.26. The first kappa shape index (κ1) is 17.7. The summed E-state index contributed by atoms with van der Waals surface area (Å²) >= 11 is 6.44. The van der Waals surface area contributed by atoms with Crippen LogP contribution in [0.25, 0.3) is 17.0 Å². The molecule has 25 heavy (non-hydrogen) atoms. The minimum absolute atomic E-state index is 0.303. The number of rotatable bonds is 5.